The molecule has 0 aliphatic carbocycles. The molecule has 0 unspecified atom stereocenters. The van der Waals surface area contributed by atoms with Crippen LogP contribution in [-0.2, 0) is 19.1 Å². The van der Waals surface area contributed by atoms with Crippen LogP contribution in [0.3, 0.4) is 0 Å². The first-order chi connectivity index (χ1) is 38.1. The van der Waals surface area contributed by atoms with E-state index >= 15 is 0 Å². The van der Waals surface area contributed by atoms with E-state index in [2.05, 4.69) is 94.8 Å². The van der Waals surface area contributed by atoms with Crippen LogP contribution in [0, 0.1) is 0 Å². The lowest BCUT2D eigenvalue weighted by atomic mass is 10.0. The van der Waals surface area contributed by atoms with Crippen molar-refractivity contribution >= 4 is 85.6 Å². The van der Waals surface area contributed by atoms with Gasteiger partial charge in [-0.2, -0.15) is 0 Å². The first-order valence-electron chi connectivity index (χ1n) is 25.8. The van der Waals surface area contributed by atoms with Gasteiger partial charge in [-0.25, -0.2) is 24.7 Å². The Bertz CT molecular complexity index is 3410. The number of ether oxygens (including phenoxy) is 1. The van der Waals surface area contributed by atoms with Gasteiger partial charge in [0.1, 0.15) is 6.61 Å². The molecule has 17 nitrogen and oxygen atoms in total. The van der Waals surface area contributed by atoms with Crippen molar-refractivity contribution in [3.05, 3.63) is 184 Å². The molecule has 78 heavy (non-hydrogen) atoms. The summed E-state index contributed by atoms with van der Waals surface area (Å²) in [5.41, 5.74) is 10.9. The van der Waals surface area contributed by atoms with Crippen LogP contribution in [0.1, 0.15) is 0 Å². The number of nitrogens with zero attached hydrogens (tertiary/aromatic N) is 8. The van der Waals surface area contributed by atoms with Crippen molar-refractivity contribution in [2.75, 3.05) is 110 Å². The highest BCUT2D eigenvalue weighted by Gasteiger charge is 2.19. The van der Waals surface area contributed by atoms with E-state index in [4.69, 9.17) is 19.8 Å². The van der Waals surface area contributed by atoms with Gasteiger partial charge in [0.2, 0.25) is 23.7 Å². The van der Waals surface area contributed by atoms with Crippen LogP contribution in [0.5, 0.6) is 0 Å². The predicted molar refractivity (Wildman–Crippen MR) is 313 cm³/mol. The maximum Gasteiger partial charge on any atom is 0.330 e. The molecule has 0 spiro atoms. The van der Waals surface area contributed by atoms with Gasteiger partial charge >= 0.3 is 5.97 Å². The first-order valence-corrected chi connectivity index (χ1v) is 25.8. The summed E-state index contributed by atoms with van der Waals surface area (Å²) in [6.07, 6.45) is 7.31. The zero-order valence-electron chi connectivity index (χ0n) is 43.4. The number of nitrogens with one attached hydrogen (secondary N) is 4. The molecule has 0 saturated carbocycles. The average molecular weight is 1040 g/mol. The lowest BCUT2D eigenvalue weighted by Gasteiger charge is -2.36. The first kappa shape index (κ1) is 53.5. The number of carbonyl (C=O) groups excluding carboxylic acids is 3. The lowest BCUT2D eigenvalue weighted by Crippen LogP contribution is -2.47. The topological polar surface area (TPSA) is 193 Å². The largest absolute Gasteiger partial charge is 0.461 e. The van der Waals surface area contributed by atoms with Crippen LogP contribution in [0.25, 0.3) is 44.1 Å². The average Bonchev–Trinajstić information content (AvgIpc) is 3.54. The molecule has 5 N–H and O–H groups in total. The normalized spacial score (nSPS) is 13.7. The van der Waals surface area contributed by atoms with Crippen molar-refractivity contribution in [1.29, 1.82) is 0 Å². The van der Waals surface area contributed by atoms with Gasteiger partial charge in [0.15, 0.2) is 0 Å². The predicted octanol–water partition coefficient (Wildman–Crippen LogP) is 9.30. The van der Waals surface area contributed by atoms with Gasteiger partial charge in [0.05, 0.1) is 17.6 Å². The van der Waals surface area contributed by atoms with Crippen molar-refractivity contribution in [2.24, 2.45) is 0 Å². The third-order valence-corrected chi connectivity index (χ3v) is 13.4. The number of aliphatic hydroxyl groups is 1. The number of fused-ring (bicyclic) bond motifs is 2. The molecule has 8 aromatic rings. The van der Waals surface area contributed by atoms with Gasteiger partial charge in [0, 0.05) is 140 Å². The zero-order valence-corrected chi connectivity index (χ0v) is 43.4. The summed E-state index contributed by atoms with van der Waals surface area (Å²) in [5, 5.41) is 23.3. The van der Waals surface area contributed by atoms with E-state index in [-0.39, 0.29) is 24.4 Å². The van der Waals surface area contributed by atoms with Crippen molar-refractivity contribution < 1.29 is 24.2 Å². The number of piperazine rings is 2. The maximum absolute atomic E-state index is 11.8. The van der Waals surface area contributed by atoms with E-state index in [0.29, 0.717) is 29.9 Å². The summed E-state index contributed by atoms with van der Waals surface area (Å²) in [5.74, 6) is 0.124. The van der Waals surface area contributed by atoms with Gasteiger partial charge in [-0.05, 0) is 96.1 Å². The summed E-state index contributed by atoms with van der Waals surface area (Å²) >= 11 is 0. The van der Waals surface area contributed by atoms with Crippen LogP contribution in [0.15, 0.2) is 184 Å². The molecule has 10 rings (SSSR count). The number of β-amino-alcohol motifs (C(OH)–C–C–N with tert-alkyl or cyclic N) is 1. The van der Waals surface area contributed by atoms with E-state index in [1.54, 1.807) is 0 Å². The van der Waals surface area contributed by atoms with Gasteiger partial charge in [-0.1, -0.05) is 80.4 Å². The van der Waals surface area contributed by atoms with E-state index in [9.17, 15) is 14.4 Å². The number of esters is 1. The van der Waals surface area contributed by atoms with Crippen molar-refractivity contribution in [2.45, 2.75) is 0 Å². The molecule has 6 aromatic carbocycles. The number of carbonyl (C=O) groups is 3. The quantitative estimate of drug-likeness (QED) is 0.0403. The van der Waals surface area contributed by atoms with Crippen molar-refractivity contribution in [3.8, 4) is 22.3 Å². The molecule has 2 amide bonds. The minimum Gasteiger partial charge on any atom is -0.461 e. The van der Waals surface area contributed by atoms with Crippen LogP contribution >= 0.6 is 0 Å². The number of hydrogen-bond acceptors (Lipinski definition) is 15. The second-order valence-corrected chi connectivity index (χ2v) is 18.5. The van der Waals surface area contributed by atoms with Crippen molar-refractivity contribution in [1.82, 2.24) is 29.7 Å². The summed E-state index contributed by atoms with van der Waals surface area (Å²) in [6, 6.07) is 43.8. The molecule has 2 aliphatic heterocycles. The van der Waals surface area contributed by atoms with Gasteiger partial charge < -0.3 is 40.9 Å². The number of rotatable bonds is 18. The molecule has 396 valence electrons. The van der Waals surface area contributed by atoms with E-state index in [0.717, 1.165) is 127 Å². The Labute approximate surface area is 453 Å². The highest BCUT2D eigenvalue weighted by Crippen LogP contribution is 2.32. The molecule has 17 heteroatoms. The molecule has 2 aliphatic rings. The fourth-order valence-corrected chi connectivity index (χ4v) is 9.32. The van der Waals surface area contributed by atoms with Gasteiger partial charge in [-0.15, -0.1) is 0 Å². The van der Waals surface area contributed by atoms with Crippen molar-refractivity contribution in [3.63, 3.8) is 0 Å². The van der Waals surface area contributed by atoms with Gasteiger partial charge in [0.25, 0.3) is 0 Å². The zero-order chi connectivity index (χ0) is 54.2. The van der Waals surface area contributed by atoms with E-state index in [1.165, 1.54) is 23.9 Å². The highest BCUT2D eigenvalue weighted by molar-refractivity contribution is 6.01. The SMILES string of the molecule is C=CC(=O)Nc1cccc(-c2cccc3cnc(Nc4ccc(N5CCN(CCO)CC5)cc4)nc23)c1.C=CC(=O)Nc1cccc(-c2cccc3cnc(Nc4ccc(N5CCN(CCOC(=O)C=C)CC5)cc4)nc23)c1. The molecule has 4 heterocycles. The number of para-hydroxylation sites is 2. The number of aliphatic hydroxyl groups excluding tert-OH is 1. The molecule has 0 bridgehead atoms. The fourth-order valence-electron chi connectivity index (χ4n) is 9.32. The van der Waals surface area contributed by atoms with Crippen LogP contribution in [-0.4, -0.2) is 131 Å². The minimum atomic E-state index is -0.382. The third kappa shape index (κ3) is 13.9. The molecular formula is C61H62N12O5. The maximum atomic E-state index is 11.8. The smallest absolute Gasteiger partial charge is 0.330 e. The van der Waals surface area contributed by atoms with Crippen LogP contribution < -0.4 is 31.1 Å². The molecule has 0 atom stereocenters. The Morgan fingerprint density at radius 3 is 1.38 bits per heavy atom. The Kier molecular flexibility index (Phi) is 17.8. The summed E-state index contributed by atoms with van der Waals surface area (Å²) < 4.78 is 5.09. The number of anilines is 8. The van der Waals surface area contributed by atoms with E-state index in [1.807, 2.05) is 122 Å². The molecular weight excluding hydrogens is 981 g/mol. The second kappa shape index (κ2) is 26.0. The minimum absolute atomic E-state index is 0.207. The number of benzene rings is 6. The van der Waals surface area contributed by atoms with Crippen LogP contribution in [0.4, 0.5) is 46.0 Å². The highest BCUT2D eigenvalue weighted by atomic mass is 16.5. The second-order valence-electron chi connectivity index (χ2n) is 18.5. The summed E-state index contributed by atoms with van der Waals surface area (Å²) in [4.78, 5) is 62.7. The number of aromatic nitrogens is 4. The lowest BCUT2D eigenvalue weighted by molar-refractivity contribution is -0.138. The fraction of sp³-hybridized carbons (Fsp3) is 0.197. The molecule has 2 fully saturated rings. The van der Waals surface area contributed by atoms with E-state index < -0.39 is 0 Å². The summed E-state index contributed by atoms with van der Waals surface area (Å²) in [6.45, 7) is 19.9. The Hall–Kier alpha value is -9.29. The molecule has 2 aromatic heterocycles. The molecule has 0 radical (unpaired) electrons. The Morgan fingerprint density at radius 1 is 0.526 bits per heavy atom. The Morgan fingerprint density at radius 2 is 0.962 bits per heavy atom. The summed E-state index contributed by atoms with van der Waals surface area (Å²) in [7, 11) is 0. The standard InChI is InChI=1S/C32H32N6O3.C29H30N6O2/c1-3-29(39)34-26-9-5-7-23(21-26)28-10-6-8-24-22-33-32(36-31(24)28)35-25-11-13-27(14-12-25)38-17-15-37(16-18-38)19-20-41-30(40)4-2;1-2-27(37)31-24-7-3-5-21(19-24)26-8-4-6-22-20-30-29(33-28(22)26)32-23-9-11-25(12-10-23)35-15-13-34(14-16-35)17-18-36/h3-14,21-22H,1-2,15-20H2,(H,34,39)(H,33,35,36);2-12,19-20,36H,1,13-18H2,(H,31,37)(H,30,32,33). The van der Waals surface area contributed by atoms with Gasteiger partial charge in [-0.3, -0.25) is 19.4 Å². The number of hydrogen-bond donors (Lipinski definition) is 5. The number of amides is 2. The molecule has 2 saturated heterocycles. The Balaban J connectivity index is 0.000000191. The van der Waals surface area contributed by atoms with Crippen LogP contribution in [0.2, 0.25) is 0 Å². The third-order valence-electron chi connectivity index (χ3n) is 13.4. The monoisotopic (exact) mass is 1040 g/mol.